The van der Waals surface area contributed by atoms with Gasteiger partial charge < -0.3 is 0 Å². The van der Waals surface area contributed by atoms with E-state index in [4.69, 9.17) is 11.6 Å². The number of hydrogen-bond acceptors (Lipinski definition) is 2. The fraction of sp³-hybridized carbons (Fsp3) is 0.350. The second kappa shape index (κ2) is 12.9. The molecule has 144 valence electrons. The molecule has 0 bridgehead atoms. The molecule has 1 aromatic carbocycles. The lowest BCUT2D eigenvalue weighted by Gasteiger charge is -2.05. The molecule has 0 amide bonds. The summed E-state index contributed by atoms with van der Waals surface area (Å²) in [6, 6.07) is 9.39. The summed E-state index contributed by atoms with van der Waals surface area (Å²) in [7, 11) is -1.32. The Kier molecular flexibility index (Phi) is 12.2. The molecule has 0 aliphatic carbocycles. The molecule has 0 aliphatic rings. The van der Waals surface area contributed by atoms with E-state index < -0.39 is 11.0 Å². The van der Waals surface area contributed by atoms with Crippen LogP contribution in [0.1, 0.15) is 38.8 Å². The van der Waals surface area contributed by atoms with Gasteiger partial charge >= 0.3 is 0 Å². The van der Waals surface area contributed by atoms with Gasteiger partial charge in [0.05, 0.1) is 9.92 Å². The molecule has 1 atom stereocenters. The van der Waals surface area contributed by atoms with Gasteiger partial charge in [-0.2, -0.15) is 0 Å². The second-order valence-corrected chi connectivity index (χ2v) is 6.46. The van der Waals surface area contributed by atoms with E-state index in [2.05, 4.69) is 16.6 Å². The number of aromatic nitrogens is 2. The van der Waals surface area contributed by atoms with Crippen molar-refractivity contribution in [3.63, 3.8) is 0 Å². The molecule has 6 heteroatoms. The molecule has 0 spiro atoms. The Labute approximate surface area is 169 Å². The minimum absolute atomic E-state index is 0.632. The van der Waals surface area contributed by atoms with Gasteiger partial charge in [0.15, 0.2) is 16.6 Å². The van der Waals surface area contributed by atoms with Crippen LogP contribution in [0.3, 0.4) is 0 Å². The van der Waals surface area contributed by atoms with Crippen LogP contribution >= 0.6 is 23.2 Å². The van der Waals surface area contributed by atoms with E-state index in [1.54, 1.807) is 16.2 Å². The lowest BCUT2D eigenvalue weighted by atomic mass is 10.2. The van der Waals surface area contributed by atoms with Gasteiger partial charge in [-0.15, -0.1) is 11.6 Å². The maximum absolute atomic E-state index is 12.7. The zero-order chi connectivity index (χ0) is 20.3. The molecule has 0 radical (unpaired) electrons. The van der Waals surface area contributed by atoms with E-state index in [-0.39, 0.29) is 0 Å². The van der Waals surface area contributed by atoms with Crippen molar-refractivity contribution in [2.24, 2.45) is 0 Å². The van der Waals surface area contributed by atoms with E-state index >= 15 is 0 Å². The average molecular weight is 415 g/mol. The van der Waals surface area contributed by atoms with Gasteiger partial charge in [-0.1, -0.05) is 57.0 Å². The Morgan fingerprint density at radius 2 is 1.50 bits per heavy atom. The largest absolute Gasteiger partial charge is 0.246 e. The summed E-state index contributed by atoms with van der Waals surface area (Å²) in [6.45, 7) is 11.9. The van der Waals surface area contributed by atoms with Crippen molar-refractivity contribution < 1.29 is 4.21 Å². The molecular formula is C20H28Cl2N2OS. The first-order valence-corrected chi connectivity index (χ1v) is 10.8. The third-order valence-corrected chi connectivity index (χ3v) is 4.82. The second-order valence-electron chi connectivity index (χ2n) is 4.69. The Morgan fingerprint density at radius 3 is 2.04 bits per heavy atom. The number of halogens is 2. The Morgan fingerprint density at radius 1 is 0.962 bits per heavy atom. The molecule has 3 nitrogen and oxygen atoms in total. The molecule has 0 aliphatic heterocycles. The number of nitrogens with zero attached hydrogens (tertiary/aromatic N) is 2. The van der Waals surface area contributed by atoms with Gasteiger partial charge in [-0.3, -0.25) is 0 Å². The predicted molar refractivity (Wildman–Crippen MR) is 117 cm³/mol. The molecule has 0 fully saturated rings. The highest BCUT2D eigenvalue weighted by atomic mass is 35.5. The first kappa shape index (κ1) is 24.6. The van der Waals surface area contributed by atoms with Gasteiger partial charge in [0.1, 0.15) is 0 Å². The third kappa shape index (κ3) is 5.83. The first-order valence-electron chi connectivity index (χ1n) is 8.57. The van der Waals surface area contributed by atoms with Crippen LogP contribution in [0.25, 0.3) is 11.0 Å². The third-order valence-electron chi connectivity index (χ3n) is 3.20. The summed E-state index contributed by atoms with van der Waals surface area (Å²) in [4.78, 5) is 5.06. The summed E-state index contributed by atoms with van der Waals surface area (Å²) in [5, 5.41) is 1.49. The maximum Gasteiger partial charge on any atom is 0.158 e. The molecule has 0 saturated carbocycles. The Hall–Kier alpha value is -1.36. The lowest BCUT2D eigenvalue weighted by molar-refractivity contribution is 0.678. The first-order chi connectivity index (χ1) is 12.6. The zero-order valence-electron chi connectivity index (χ0n) is 16.5. The molecule has 2 heterocycles. The van der Waals surface area contributed by atoms with Crippen molar-refractivity contribution in [3.8, 4) is 0 Å². The number of hydrogen-bond donors (Lipinski definition) is 0. The number of aryl methyl sites for hydroxylation is 2. The fourth-order valence-electron chi connectivity index (χ4n) is 2.16. The maximum atomic E-state index is 12.7. The van der Waals surface area contributed by atoms with Gasteiger partial charge in [0.25, 0.3) is 0 Å². The van der Waals surface area contributed by atoms with E-state index in [9.17, 15) is 4.21 Å². The minimum atomic E-state index is -1.32. The monoisotopic (exact) mass is 414 g/mol. The van der Waals surface area contributed by atoms with E-state index in [0.717, 1.165) is 21.4 Å². The standard InChI is InChI=1S/C15H13ClN2OS.2C2H6.CH3Cl/c1-10-3-5-12(6-4-10)20(19)18-9-11(2)14-13(16)7-8-17-15(14)18;3*1-2/h3-9H,1-2H3;2*1-2H3;1H3. The smallest absolute Gasteiger partial charge is 0.158 e. The quantitative estimate of drug-likeness (QED) is 0.432. The van der Waals surface area contributed by atoms with Crippen molar-refractivity contribution in [2.45, 2.75) is 46.4 Å². The SMILES string of the molecule is CC.CC.CCl.Cc1ccc(S(=O)n2cc(C)c3c(Cl)ccnc32)cc1. The molecule has 2 aromatic heterocycles. The fourth-order valence-corrected chi connectivity index (χ4v) is 3.59. The predicted octanol–water partition coefficient (Wildman–Crippen LogP) is 6.78. The van der Waals surface area contributed by atoms with Crippen molar-refractivity contribution in [1.29, 1.82) is 0 Å². The number of pyridine rings is 1. The molecule has 3 rings (SSSR count). The van der Waals surface area contributed by atoms with Crippen LogP contribution in [0.15, 0.2) is 47.6 Å². The van der Waals surface area contributed by atoms with Crippen molar-refractivity contribution >= 4 is 45.2 Å². The Bertz CT molecular complexity index is 815. The van der Waals surface area contributed by atoms with E-state index in [1.165, 1.54) is 6.38 Å². The highest BCUT2D eigenvalue weighted by molar-refractivity contribution is 7.83. The van der Waals surface area contributed by atoms with Gasteiger partial charge in [-0.05, 0) is 37.6 Å². The molecule has 0 saturated heterocycles. The zero-order valence-corrected chi connectivity index (χ0v) is 18.8. The van der Waals surface area contributed by atoms with E-state index in [1.807, 2.05) is 72.0 Å². The lowest BCUT2D eigenvalue weighted by Crippen LogP contribution is -2.04. The van der Waals surface area contributed by atoms with Crippen LogP contribution in [0.4, 0.5) is 0 Å². The molecule has 26 heavy (non-hydrogen) atoms. The van der Waals surface area contributed by atoms with Crippen molar-refractivity contribution in [2.75, 3.05) is 6.38 Å². The van der Waals surface area contributed by atoms with Crippen LogP contribution in [0, 0.1) is 13.8 Å². The molecule has 3 aromatic rings. The summed E-state index contributed by atoms with van der Waals surface area (Å²) >= 11 is 10.8. The number of fused-ring (bicyclic) bond motifs is 1. The summed E-state index contributed by atoms with van der Waals surface area (Å²) in [5.74, 6) is 0. The van der Waals surface area contributed by atoms with Crippen LogP contribution in [0.2, 0.25) is 5.02 Å². The number of rotatable bonds is 2. The van der Waals surface area contributed by atoms with Gasteiger partial charge in [-0.25, -0.2) is 13.2 Å². The summed E-state index contributed by atoms with van der Waals surface area (Å²) in [6.07, 6.45) is 4.94. The number of benzene rings is 1. The average Bonchev–Trinajstić information content (AvgIpc) is 3.04. The van der Waals surface area contributed by atoms with Crippen LogP contribution in [-0.4, -0.2) is 19.5 Å². The highest BCUT2D eigenvalue weighted by Crippen LogP contribution is 2.28. The Balaban J connectivity index is 0.000000948. The van der Waals surface area contributed by atoms with Crippen molar-refractivity contribution in [3.05, 3.63) is 58.9 Å². The topological polar surface area (TPSA) is 34.9 Å². The highest BCUT2D eigenvalue weighted by Gasteiger charge is 2.15. The number of alkyl halides is 1. The van der Waals surface area contributed by atoms with E-state index in [0.29, 0.717) is 10.7 Å². The van der Waals surface area contributed by atoms with Crippen LogP contribution in [0.5, 0.6) is 0 Å². The normalized spacial score (nSPS) is 10.5. The van der Waals surface area contributed by atoms with Crippen molar-refractivity contribution in [1.82, 2.24) is 8.96 Å². The molecule has 0 N–H and O–H groups in total. The van der Waals surface area contributed by atoms with Crippen LogP contribution < -0.4 is 0 Å². The molecular weight excluding hydrogens is 387 g/mol. The van der Waals surface area contributed by atoms with Gasteiger partial charge in [0, 0.05) is 24.2 Å². The van der Waals surface area contributed by atoms with Gasteiger partial charge in [0.2, 0.25) is 0 Å². The van der Waals surface area contributed by atoms with Crippen LogP contribution in [-0.2, 0) is 11.0 Å². The summed E-state index contributed by atoms with van der Waals surface area (Å²) < 4.78 is 14.4. The minimum Gasteiger partial charge on any atom is -0.246 e. The molecule has 1 unspecified atom stereocenters. The summed E-state index contributed by atoms with van der Waals surface area (Å²) in [5.41, 5.74) is 2.76.